The van der Waals surface area contributed by atoms with E-state index in [1.54, 1.807) is 0 Å². The lowest BCUT2D eigenvalue weighted by Gasteiger charge is -2.11. The smallest absolute Gasteiger partial charge is 0.416 e. The lowest BCUT2D eigenvalue weighted by atomic mass is 10.1. The number of amides is 1. The van der Waals surface area contributed by atoms with Crippen molar-refractivity contribution < 1.29 is 33.0 Å². The number of halogens is 3. The van der Waals surface area contributed by atoms with Crippen LogP contribution in [-0.2, 0) is 17.4 Å². The first-order valence-electron chi connectivity index (χ1n) is 7.30. The molecular weight excluding hydrogens is 355 g/mol. The SMILES string of the molecule is Cc1nc(Cc2ccc(C(F)(F)F)cc2)c(O)c(C(=O)NCC(=O)O)n1. The van der Waals surface area contributed by atoms with Crippen LogP contribution in [0.25, 0.3) is 0 Å². The van der Waals surface area contributed by atoms with Crippen molar-refractivity contribution in [3.05, 3.63) is 52.6 Å². The van der Waals surface area contributed by atoms with Crippen LogP contribution in [0, 0.1) is 6.92 Å². The molecule has 3 N–H and O–H groups in total. The first kappa shape index (κ1) is 19.2. The number of carbonyl (C=O) groups is 2. The molecule has 0 aliphatic heterocycles. The number of carboxylic acids is 1. The number of nitrogens with zero attached hydrogens (tertiary/aromatic N) is 2. The van der Waals surface area contributed by atoms with Crippen LogP contribution in [0.2, 0.25) is 0 Å². The zero-order valence-electron chi connectivity index (χ0n) is 13.5. The standard InChI is InChI=1S/C16H14F3N3O4/c1-8-21-11(6-9-2-4-10(5-3-9)16(17,18)19)14(25)13(22-8)15(26)20-7-12(23)24/h2-5,25H,6-7H2,1H3,(H,20,26)(H,23,24). The van der Waals surface area contributed by atoms with Gasteiger partial charge in [-0.25, -0.2) is 9.97 Å². The predicted molar refractivity (Wildman–Crippen MR) is 82.7 cm³/mol. The third kappa shape index (κ3) is 4.68. The van der Waals surface area contributed by atoms with Crippen LogP contribution in [0.1, 0.15) is 33.1 Å². The Hall–Kier alpha value is -3.17. The van der Waals surface area contributed by atoms with Gasteiger partial charge < -0.3 is 15.5 Å². The predicted octanol–water partition coefficient (Wildman–Crippen LogP) is 1.91. The Kier molecular flexibility index (Phi) is 5.44. The van der Waals surface area contributed by atoms with E-state index in [9.17, 15) is 27.9 Å². The molecule has 0 atom stereocenters. The van der Waals surface area contributed by atoms with Gasteiger partial charge in [-0.3, -0.25) is 9.59 Å². The monoisotopic (exact) mass is 369 g/mol. The van der Waals surface area contributed by atoms with E-state index in [1.807, 2.05) is 0 Å². The summed E-state index contributed by atoms with van der Waals surface area (Å²) in [5.41, 5.74) is -0.736. The summed E-state index contributed by atoms with van der Waals surface area (Å²) >= 11 is 0. The number of aromatic hydroxyl groups is 1. The number of aryl methyl sites for hydroxylation is 1. The molecule has 1 aromatic carbocycles. The fourth-order valence-electron chi connectivity index (χ4n) is 2.15. The van der Waals surface area contributed by atoms with Crippen molar-refractivity contribution in [3.63, 3.8) is 0 Å². The first-order chi connectivity index (χ1) is 12.1. The maximum absolute atomic E-state index is 12.6. The molecule has 0 unspecified atom stereocenters. The molecular formula is C16H14F3N3O4. The van der Waals surface area contributed by atoms with Crippen molar-refractivity contribution in [2.75, 3.05) is 6.54 Å². The van der Waals surface area contributed by atoms with Gasteiger partial charge in [0, 0.05) is 6.42 Å². The van der Waals surface area contributed by atoms with E-state index in [-0.39, 0.29) is 17.9 Å². The zero-order valence-corrected chi connectivity index (χ0v) is 13.5. The number of carbonyl (C=O) groups excluding carboxylic acids is 1. The van der Waals surface area contributed by atoms with E-state index >= 15 is 0 Å². The molecule has 0 spiro atoms. The molecule has 1 heterocycles. The minimum absolute atomic E-state index is 0.0352. The Balaban J connectivity index is 2.27. The molecule has 7 nitrogen and oxygen atoms in total. The molecule has 1 aromatic heterocycles. The molecule has 0 fully saturated rings. The van der Waals surface area contributed by atoms with Gasteiger partial charge in [-0.2, -0.15) is 13.2 Å². The molecule has 0 aliphatic carbocycles. The third-order valence-corrected chi connectivity index (χ3v) is 3.34. The van der Waals surface area contributed by atoms with Crippen molar-refractivity contribution in [3.8, 4) is 5.75 Å². The summed E-state index contributed by atoms with van der Waals surface area (Å²) in [4.78, 5) is 30.2. The highest BCUT2D eigenvalue weighted by Crippen LogP contribution is 2.30. The highest BCUT2D eigenvalue weighted by Gasteiger charge is 2.30. The zero-order chi connectivity index (χ0) is 19.5. The van der Waals surface area contributed by atoms with Gasteiger partial charge in [0.05, 0.1) is 11.3 Å². The Morgan fingerprint density at radius 1 is 1.15 bits per heavy atom. The highest BCUT2D eigenvalue weighted by molar-refractivity contribution is 5.96. The normalized spacial score (nSPS) is 11.2. The van der Waals surface area contributed by atoms with Crippen LogP contribution in [-0.4, -0.2) is 38.6 Å². The summed E-state index contributed by atoms with van der Waals surface area (Å²) in [5, 5.41) is 20.8. The molecule has 0 saturated heterocycles. The number of carboxylic acid groups (broad SMARTS) is 1. The van der Waals surface area contributed by atoms with Crippen LogP contribution < -0.4 is 5.32 Å². The highest BCUT2D eigenvalue weighted by atomic mass is 19.4. The Bertz CT molecular complexity index is 836. The van der Waals surface area contributed by atoms with Crippen LogP contribution in [0.4, 0.5) is 13.2 Å². The number of hydrogen-bond donors (Lipinski definition) is 3. The van der Waals surface area contributed by atoms with Crippen LogP contribution >= 0.6 is 0 Å². The van der Waals surface area contributed by atoms with Crippen molar-refractivity contribution >= 4 is 11.9 Å². The summed E-state index contributed by atoms with van der Waals surface area (Å²) < 4.78 is 37.8. The van der Waals surface area contributed by atoms with Crippen molar-refractivity contribution in [1.29, 1.82) is 0 Å². The summed E-state index contributed by atoms with van der Waals surface area (Å²) in [6.07, 6.45) is -4.49. The van der Waals surface area contributed by atoms with E-state index in [1.165, 1.54) is 19.1 Å². The lowest BCUT2D eigenvalue weighted by molar-refractivity contribution is -0.138. The van der Waals surface area contributed by atoms with Crippen molar-refractivity contribution in [2.45, 2.75) is 19.5 Å². The molecule has 138 valence electrons. The number of alkyl halides is 3. The molecule has 1 amide bonds. The van der Waals surface area contributed by atoms with E-state index in [4.69, 9.17) is 5.11 Å². The fourth-order valence-corrected chi connectivity index (χ4v) is 2.15. The van der Waals surface area contributed by atoms with E-state index in [0.29, 0.717) is 5.56 Å². The van der Waals surface area contributed by atoms with Gasteiger partial charge in [0.15, 0.2) is 11.4 Å². The summed E-state index contributed by atoms with van der Waals surface area (Å²) in [6, 6.07) is 4.29. The lowest BCUT2D eigenvalue weighted by Crippen LogP contribution is -2.30. The number of rotatable bonds is 5. The second-order valence-electron chi connectivity index (χ2n) is 5.36. The van der Waals surface area contributed by atoms with Crippen LogP contribution in [0.5, 0.6) is 5.75 Å². The second kappa shape index (κ2) is 7.38. The van der Waals surface area contributed by atoms with Crippen LogP contribution in [0.15, 0.2) is 24.3 Å². The van der Waals surface area contributed by atoms with Crippen LogP contribution in [0.3, 0.4) is 0 Å². The van der Waals surface area contributed by atoms with Gasteiger partial charge in [-0.05, 0) is 24.6 Å². The number of aromatic nitrogens is 2. The maximum Gasteiger partial charge on any atom is 0.416 e. The average Bonchev–Trinajstić information content (AvgIpc) is 2.55. The Morgan fingerprint density at radius 3 is 2.31 bits per heavy atom. The molecule has 0 saturated carbocycles. The van der Waals surface area contributed by atoms with Gasteiger partial charge in [0.25, 0.3) is 5.91 Å². The quantitative estimate of drug-likeness (QED) is 0.742. The first-order valence-corrected chi connectivity index (χ1v) is 7.30. The molecule has 2 rings (SSSR count). The van der Waals surface area contributed by atoms with Gasteiger partial charge in [-0.15, -0.1) is 0 Å². The molecule has 0 bridgehead atoms. The minimum atomic E-state index is -4.46. The summed E-state index contributed by atoms with van der Waals surface area (Å²) in [7, 11) is 0. The van der Waals surface area contributed by atoms with Gasteiger partial charge in [-0.1, -0.05) is 12.1 Å². The van der Waals surface area contributed by atoms with Gasteiger partial charge in [0.1, 0.15) is 12.4 Å². The minimum Gasteiger partial charge on any atom is -0.504 e. The van der Waals surface area contributed by atoms with Gasteiger partial charge in [0.2, 0.25) is 0 Å². The molecule has 2 aromatic rings. The number of aliphatic carboxylic acids is 1. The largest absolute Gasteiger partial charge is 0.504 e. The van der Waals surface area contributed by atoms with Crippen molar-refractivity contribution in [2.24, 2.45) is 0 Å². The van der Waals surface area contributed by atoms with Gasteiger partial charge >= 0.3 is 12.1 Å². The Morgan fingerprint density at radius 2 is 1.77 bits per heavy atom. The van der Waals surface area contributed by atoms with E-state index < -0.39 is 41.6 Å². The van der Waals surface area contributed by atoms with E-state index in [2.05, 4.69) is 15.3 Å². The molecule has 0 aliphatic rings. The molecule has 0 radical (unpaired) electrons. The van der Waals surface area contributed by atoms with E-state index in [0.717, 1.165) is 12.1 Å². The van der Waals surface area contributed by atoms with Crippen molar-refractivity contribution in [1.82, 2.24) is 15.3 Å². The maximum atomic E-state index is 12.6. The molecule has 10 heteroatoms. The third-order valence-electron chi connectivity index (χ3n) is 3.34. The second-order valence-corrected chi connectivity index (χ2v) is 5.36. The number of hydrogen-bond acceptors (Lipinski definition) is 5. The summed E-state index contributed by atoms with van der Waals surface area (Å²) in [6.45, 7) is 0.805. The number of nitrogens with one attached hydrogen (secondary N) is 1. The topological polar surface area (TPSA) is 112 Å². The molecule has 26 heavy (non-hydrogen) atoms. The Labute approximate surface area is 145 Å². The fraction of sp³-hybridized carbons (Fsp3) is 0.250. The summed E-state index contributed by atoms with van der Waals surface area (Å²) in [5.74, 6) is -2.58. The number of benzene rings is 1. The average molecular weight is 369 g/mol.